The molecule has 12 heteroatoms. The van der Waals surface area contributed by atoms with Gasteiger partial charge in [0.05, 0.1) is 23.1 Å². The van der Waals surface area contributed by atoms with Crippen molar-refractivity contribution >= 4 is 33.1 Å². The molecule has 3 N–H and O–H groups in total. The molecule has 0 saturated heterocycles. The second kappa shape index (κ2) is 9.22. The minimum atomic E-state index is -4.75. The third-order valence-electron chi connectivity index (χ3n) is 4.08. The van der Waals surface area contributed by atoms with Crippen LogP contribution in [0.25, 0.3) is 0 Å². The number of alkyl halides is 3. The highest BCUT2D eigenvalue weighted by Crippen LogP contribution is 2.34. The Hall–Kier alpha value is -3.67. The van der Waals surface area contributed by atoms with Crippen LogP contribution in [0, 0.1) is 0 Å². The Bertz CT molecular complexity index is 1220. The maximum absolute atomic E-state index is 13.3. The zero-order chi connectivity index (χ0) is 23.4. The SMILES string of the molecule is CS(=O)(=O)Nc1cc(NC(=O)c2cccnc2NCc2ccncc2)cc(C(F)(F)F)c1. The Kier molecular flexibility index (Phi) is 6.63. The Balaban J connectivity index is 1.86. The van der Waals surface area contributed by atoms with E-state index >= 15 is 0 Å². The summed E-state index contributed by atoms with van der Waals surface area (Å²) in [5.74, 6) is -0.497. The van der Waals surface area contributed by atoms with Gasteiger partial charge in [-0.25, -0.2) is 13.4 Å². The summed E-state index contributed by atoms with van der Waals surface area (Å²) in [4.78, 5) is 20.8. The molecule has 8 nitrogen and oxygen atoms in total. The van der Waals surface area contributed by atoms with Crippen LogP contribution in [0.4, 0.5) is 30.4 Å². The largest absolute Gasteiger partial charge is 0.416 e. The molecule has 0 fully saturated rings. The lowest BCUT2D eigenvalue weighted by Gasteiger charge is -2.15. The van der Waals surface area contributed by atoms with Crippen molar-refractivity contribution < 1.29 is 26.4 Å². The topological polar surface area (TPSA) is 113 Å². The van der Waals surface area contributed by atoms with Gasteiger partial charge in [0, 0.05) is 30.8 Å². The van der Waals surface area contributed by atoms with Gasteiger partial charge in [-0.3, -0.25) is 14.5 Å². The number of hydrogen-bond acceptors (Lipinski definition) is 6. The number of anilines is 3. The summed E-state index contributed by atoms with van der Waals surface area (Å²) in [5, 5.41) is 5.37. The number of rotatable bonds is 7. The molecule has 0 atom stereocenters. The van der Waals surface area contributed by atoms with E-state index in [1.807, 2.05) is 4.72 Å². The van der Waals surface area contributed by atoms with E-state index in [1.165, 1.54) is 18.3 Å². The Morgan fingerprint density at radius 2 is 1.72 bits per heavy atom. The van der Waals surface area contributed by atoms with Crippen LogP contribution in [0.15, 0.2) is 61.1 Å². The summed E-state index contributed by atoms with van der Waals surface area (Å²) in [7, 11) is -3.83. The molecule has 0 radical (unpaired) electrons. The molecule has 0 bridgehead atoms. The molecule has 32 heavy (non-hydrogen) atoms. The second-order valence-electron chi connectivity index (χ2n) is 6.73. The standard InChI is InChI=1S/C20H18F3N5O3S/c1-32(30,31)28-16-10-14(20(21,22)23)9-15(11-16)27-19(29)17-3-2-6-25-18(17)26-12-13-4-7-24-8-5-13/h2-11,28H,12H2,1H3,(H,25,26)(H,27,29). The molecule has 1 aromatic carbocycles. The number of pyridine rings is 2. The van der Waals surface area contributed by atoms with Gasteiger partial charge in [-0.15, -0.1) is 0 Å². The van der Waals surface area contributed by atoms with Crippen molar-refractivity contribution in [1.29, 1.82) is 0 Å². The number of carbonyl (C=O) groups is 1. The normalized spacial score (nSPS) is 11.6. The van der Waals surface area contributed by atoms with Crippen LogP contribution in [0.3, 0.4) is 0 Å². The van der Waals surface area contributed by atoms with Gasteiger partial charge in [-0.05, 0) is 48.0 Å². The molecule has 0 unspecified atom stereocenters. The number of halogens is 3. The van der Waals surface area contributed by atoms with E-state index in [-0.39, 0.29) is 22.8 Å². The van der Waals surface area contributed by atoms with Gasteiger partial charge < -0.3 is 10.6 Å². The van der Waals surface area contributed by atoms with Crippen molar-refractivity contribution in [2.45, 2.75) is 12.7 Å². The van der Waals surface area contributed by atoms with E-state index in [0.29, 0.717) is 18.7 Å². The van der Waals surface area contributed by atoms with Crippen molar-refractivity contribution in [1.82, 2.24) is 9.97 Å². The van der Waals surface area contributed by atoms with Crippen molar-refractivity contribution in [2.75, 3.05) is 21.6 Å². The fourth-order valence-corrected chi connectivity index (χ4v) is 3.30. The zero-order valence-corrected chi connectivity index (χ0v) is 17.5. The lowest BCUT2D eigenvalue weighted by molar-refractivity contribution is -0.137. The molecule has 0 saturated carbocycles. The highest BCUT2D eigenvalue weighted by atomic mass is 32.2. The van der Waals surface area contributed by atoms with Crippen LogP contribution in [-0.2, 0) is 22.7 Å². The number of nitrogens with zero attached hydrogens (tertiary/aromatic N) is 2. The van der Waals surface area contributed by atoms with E-state index in [0.717, 1.165) is 17.9 Å². The number of hydrogen-bond donors (Lipinski definition) is 3. The lowest BCUT2D eigenvalue weighted by atomic mass is 10.1. The minimum absolute atomic E-state index is 0.0941. The summed E-state index contributed by atoms with van der Waals surface area (Å²) in [6.07, 6.45) is 0.740. The molecule has 0 aliphatic rings. The fourth-order valence-electron chi connectivity index (χ4n) is 2.75. The number of nitrogens with one attached hydrogen (secondary N) is 3. The van der Waals surface area contributed by atoms with Crippen molar-refractivity contribution in [2.24, 2.45) is 0 Å². The number of carbonyl (C=O) groups excluding carboxylic acids is 1. The molecule has 168 valence electrons. The second-order valence-corrected chi connectivity index (χ2v) is 8.48. The Morgan fingerprint density at radius 1 is 1.03 bits per heavy atom. The molecular weight excluding hydrogens is 447 g/mol. The minimum Gasteiger partial charge on any atom is -0.365 e. The molecule has 0 aliphatic carbocycles. The number of aromatic nitrogens is 2. The summed E-state index contributed by atoms with van der Waals surface area (Å²) < 4.78 is 64.6. The first-order chi connectivity index (χ1) is 15.0. The number of amides is 1. The summed E-state index contributed by atoms with van der Waals surface area (Å²) >= 11 is 0. The molecule has 0 spiro atoms. The molecule has 3 rings (SSSR count). The highest BCUT2D eigenvalue weighted by molar-refractivity contribution is 7.92. The predicted molar refractivity (Wildman–Crippen MR) is 114 cm³/mol. The molecular formula is C20H18F3N5O3S. The number of benzene rings is 1. The summed E-state index contributed by atoms with van der Waals surface area (Å²) in [6.45, 7) is 0.339. The van der Waals surface area contributed by atoms with Crippen molar-refractivity contribution in [3.63, 3.8) is 0 Å². The first kappa shape index (κ1) is 23.0. The molecule has 0 aliphatic heterocycles. The maximum atomic E-state index is 13.3. The van der Waals surface area contributed by atoms with E-state index in [1.54, 1.807) is 24.5 Å². The van der Waals surface area contributed by atoms with Gasteiger partial charge in [0.2, 0.25) is 10.0 Å². The Morgan fingerprint density at radius 3 is 2.38 bits per heavy atom. The van der Waals surface area contributed by atoms with Crippen LogP contribution in [0.5, 0.6) is 0 Å². The van der Waals surface area contributed by atoms with Crippen LogP contribution >= 0.6 is 0 Å². The van der Waals surface area contributed by atoms with Crippen molar-refractivity contribution in [3.8, 4) is 0 Å². The zero-order valence-electron chi connectivity index (χ0n) is 16.6. The molecule has 3 aromatic rings. The predicted octanol–water partition coefficient (Wildman–Crippen LogP) is 3.73. The third kappa shape index (κ3) is 6.41. The third-order valence-corrected chi connectivity index (χ3v) is 4.69. The Labute approximate surface area is 182 Å². The summed E-state index contributed by atoms with van der Waals surface area (Å²) in [5.41, 5.74) is -0.716. The first-order valence-corrected chi connectivity index (χ1v) is 11.0. The van der Waals surface area contributed by atoms with E-state index < -0.39 is 27.7 Å². The maximum Gasteiger partial charge on any atom is 0.416 e. The quantitative estimate of drug-likeness (QED) is 0.490. The molecule has 2 aromatic heterocycles. The fraction of sp³-hybridized carbons (Fsp3) is 0.150. The van der Waals surface area contributed by atoms with E-state index in [9.17, 15) is 26.4 Å². The van der Waals surface area contributed by atoms with Gasteiger partial charge >= 0.3 is 6.18 Å². The van der Waals surface area contributed by atoms with Gasteiger partial charge in [0.15, 0.2) is 0 Å². The van der Waals surface area contributed by atoms with Gasteiger partial charge in [0.25, 0.3) is 5.91 Å². The van der Waals surface area contributed by atoms with Crippen LogP contribution in [-0.4, -0.2) is 30.5 Å². The van der Waals surface area contributed by atoms with Gasteiger partial charge in [0.1, 0.15) is 5.82 Å². The van der Waals surface area contributed by atoms with E-state index in [4.69, 9.17) is 0 Å². The monoisotopic (exact) mass is 465 g/mol. The van der Waals surface area contributed by atoms with Gasteiger partial charge in [-0.2, -0.15) is 13.2 Å². The lowest BCUT2D eigenvalue weighted by Crippen LogP contribution is -2.17. The molecule has 2 heterocycles. The van der Waals surface area contributed by atoms with Crippen molar-refractivity contribution in [3.05, 3.63) is 77.7 Å². The van der Waals surface area contributed by atoms with Crippen LogP contribution in [0.2, 0.25) is 0 Å². The average molecular weight is 465 g/mol. The van der Waals surface area contributed by atoms with Crippen LogP contribution < -0.4 is 15.4 Å². The van der Waals surface area contributed by atoms with Gasteiger partial charge in [-0.1, -0.05) is 0 Å². The summed E-state index contributed by atoms with van der Waals surface area (Å²) in [6, 6.07) is 8.96. The highest BCUT2D eigenvalue weighted by Gasteiger charge is 2.31. The van der Waals surface area contributed by atoms with Crippen LogP contribution in [0.1, 0.15) is 21.5 Å². The number of sulfonamides is 1. The molecule has 1 amide bonds. The first-order valence-electron chi connectivity index (χ1n) is 9.10. The smallest absolute Gasteiger partial charge is 0.365 e. The van der Waals surface area contributed by atoms with E-state index in [2.05, 4.69) is 20.6 Å². The average Bonchev–Trinajstić information content (AvgIpc) is 2.71.